The Kier molecular flexibility index (Phi) is 6.00. The molecule has 6 nitrogen and oxygen atoms in total. The second-order valence-corrected chi connectivity index (χ2v) is 6.91. The van der Waals surface area contributed by atoms with Gasteiger partial charge in [0.15, 0.2) is 0 Å². The number of aromatic nitrogens is 1. The van der Waals surface area contributed by atoms with Gasteiger partial charge in [0.05, 0.1) is 18.9 Å². The number of hydrogen-bond acceptors (Lipinski definition) is 5. The highest BCUT2D eigenvalue weighted by molar-refractivity contribution is 7.93. The summed E-state index contributed by atoms with van der Waals surface area (Å²) in [5.41, 5.74) is 5.24. The molecule has 0 saturated carbocycles. The summed E-state index contributed by atoms with van der Waals surface area (Å²) in [4.78, 5) is 16.5. The lowest BCUT2D eigenvalue weighted by Gasteiger charge is -2.17. The van der Waals surface area contributed by atoms with Gasteiger partial charge < -0.3 is 10.1 Å². The number of aryl methyl sites for hydroxylation is 1. The van der Waals surface area contributed by atoms with E-state index in [4.69, 9.17) is 8.92 Å². The molecule has 3 rings (SSSR count). The van der Waals surface area contributed by atoms with Crippen molar-refractivity contribution < 1.29 is 13.7 Å². The average molecular weight is 373 g/mol. The van der Waals surface area contributed by atoms with Gasteiger partial charge in [0.2, 0.25) is 5.88 Å². The molecule has 0 bridgehead atoms. The predicted molar refractivity (Wildman–Crippen MR) is 104 cm³/mol. The fourth-order valence-electron chi connectivity index (χ4n) is 3.04. The molecule has 0 spiro atoms. The number of methoxy groups -OCH3 is 1. The molecule has 1 aromatic heterocycles. The highest BCUT2D eigenvalue weighted by atomic mass is 32.2. The van der Waals surface area contributed by atoms with E-state index in [1.165, 1.54) is 11.1 Å². The molecule has 1 aliphatic rings. The van der Waals surface area contributed by atoms with E-state index in [-0.39, 0.29) is 12.1 Å². The molecular weight excluding hydrogens is 350 g/mol. The van der Waals surface area contributed by atoms with Crippen LogP contribution in [0.4, 0.5) is 10.5 Å². The lowest BCUT2D eigenvalue weighted by Crippen LogP contribution is -2.24. The molecule has 1 aromatic carbocycles. The van der Waals surface area contributed by atoms with Crippen LogP contribution in [-0.2, 0) is 17.0 Å². The van der Waals surface area contributed by atoms with Crippen LogP contribution in [0, 0.1) is 0 Å². The van der Waals surface area contributed by atoms with Gasteiger partial charge in [-0.1, -0.05) is 12.1 Å². The van der Waals surface area contributed by atoms with Crippen molar-refractivity contribution in [3.63, 3.8) is 0 Å². The Labute approximate surface area is 158 Å². The number of benzene rings is 1. The van der Waals surface area contributed by atoms with E-state index in [9.17, 15) is 4.79 Å². The fourth-order valence-corrected chi connectivity index (χ4v) is 3.40. The Hall–Kier alpha value is -2.25. The van der Waals surface area contributed by atoms with Gasteiger partial charge in [0.25, 0.3) is 0 Å². The summed E-state index contributed by atoms with van der Waals surface area (Å²) in [6, 6.07) is 7.67. The van der Waals surface area contributed by atoms with Gasteiger partial charge in [-0.05, 0) is 55.9 Å². The van der Waals surface area contributed by atoms with E-state index in [0.717, 1.165) is 48.3 Å². The second-order valence-electron chi connectivity index (χ2n) is 6.35. The van der Waals surface area contributed by atoms with E-state index in [0.29, 0.717) is 5.88 Å². The van der Waals surface area contributed by atoms with Crippen LogP contribution < -0.4 is 14.8 Å². The van der Waals surface area contributed by atoms with Crippen molar-refractivity contribution in [1.82, 2.24) is 9.71 Å². The molecule has 1 aliphatic carbocycles. The molecule has 138 valence electrons. The zero-order valence-corrected chi connectivity index (χ0v) is 16.0. The minimum Gasteiger partial charge on any atom is -0.481 e. The van der Waals surface area contributed by atoms with E-state index in [2.05, 4.69) is 21.1 Å². The number of carbonyl (C=O) groups excluding carboxylic acids is 1. The molecule has 0 atom stereocenters. The monoisotopic (exact) mass is 373 g/mol. The maximum absolute atomic E-state index is 12.3. The highest BCUT2D eigenvalue weighted by Crippen LogP contribution is 2.38. The molecule has 0 unspecified atom stereocenters. The number of nitrogens with zero attached hydrogens (tertiary/aromatic N) is 1. The van der Waals surface area contributed by atoms with Crippen molar-refractivity contribution in [3.8, 4) is 17.0 Å². The average Bonchev–Trinajstić information content (AvgIpc) is 3.11. The summed E-state index contributed by atoms with van der Waals surface area (Å²) in [6.07, 6.45) is 4.83. The Morgan fingerprint density at radius 3 is 2.88 bits per heavy atom. The van der Waals surface area contributed by atoms with Gasteiger partial charge in [0.1, 0.15) is 12.2 Å². The van der Waals surface area contributed by atoms with E-state index < -0.39 is 0 Å². The topological polar surface area (TPSA) is 72.5 Å². The molecule has 2 aromatic rings. The van der Waals surface area contributed by atoms with Crippen molar-refractivity contribution in [3.05, 3.63) is 41.6 Å². The zero-order valence-electron chi connectivity index (χ0n) is 15.2. The number of carbonyl (C=O) groups is 1. The van der Waals surface area contributed by atoms with E-state index in [1.807, 2.05) is 32.0 Å². The van der Waals surface area contributed by atoms with Crippen molar-refractivity contribution >= 4 is 23.9 Å². The minimum absolute atomic E-state index is 0.0288. The zero-order chi connectivity index (χ0) is 18.5. The highest BCUT2D eigenvalue weighted by Gasteiger charge is 2.20. The van der Waals surface area contributed by atoms with Gasteiger partial charge >= 0.3 is 6.03 Å². The van der Waals surface area contributed by atoms with Crippen molar-refractivity contribution in [2.24, 2.45) is 0 Å². The summed E-state index contributed by atoms with van der Waals surface area (Å²) >= 11 is 0.938. The summed E-state index contributed by atoms with van der Waals surface area (Å²) in [7, 11) is 1.59. The number of urea groups is 1. The first-order valence-electron chi connectivity index (χ1n) is 8.63. The first kappa shape index (κ1) is 18.5. The Balaban J connectivity index is 1.89. The largest absolute Gasteiger partial charge is 0.481 e. The van der Waals surface area contributed by atoms with Crippen molar-refractivity contribution in [1.29, 1.82) is 0 Å². The first-order valence-corrected chi connectivity index (χ1v) is 9.37. The number of amides is 2. The van der Waals surface area contributed by atoms with Crippen LogP contribution in [0.15, 0.2) is 30.5 Å². The number of rotatable bonds is 6. The standard InChI is InChI=1S/C19H23N3O3S/c1-12(2)25-26-22-19(23)21-18-15-6-4-5-13(15)7-8-16(18)14-9-10-20-17(11-14)24-3/h7-12H,4-6H2,1-3H3,(H2,21,22,23). The minimum atomic E-state index is -0.307. The third-order valence-electron chi connectivity index (χ3n) is 4.15. The first-order chi connectivity index (χ1) is 12.6. The lowest BCUT2D eigenvalue weighted by molar-refractivity contribution is 0.254. The predicted octanol–water partition coefficient (Wildman–Crippen LogP) is 4.36. The molecule has 0 saturated heterocycles. The maximum atomic E-state index is 12.3. The van der Waals surface area contributed by atoms with Crippen LogP contribution in [0.2, 0.25) is 0 Å². The SMILES string of the molecule is COc1cc(-c2ccc3c(c2NC(=O)NSOC(C)C)CCC3)ccn1. The molecule has 2 amide bonds. The number of anilines is 1. The third-order valence-corrected chi connectivity index (χ3v) is 4.90. The van der Waals surface area contributed by atoms with E-state index in [1.54, 1.807) is 13.3 Å². The second kappa shape index (κ2) is 8.42. The van der Waals surface area contributed by atoms with Crippen LogP contribution in [0.5, 0.6) is 5.88 Å². The third kappa shape index (κ3) is 4.28. The summed E-state index contributed by atoms with van der Waals surface area (Å²) < 4.78 is 13.2. The van der Waals surface area contributed by atoms with E-state index >= 15 is 0 Å². The number of nitrogens with one attached hydrogen (secondary N) is 2. The number of hydrogen-bond donors (Lipinski definition) is 2. The van der Waals surface area contributed by atoms with Crippen molar-refractivity contribution in [2.75, 3.05) is 12.4 Å². The molecule has 0 radical (unpaired) electrons. The molecular formula is C19H23N3O3S. The summed E-state index contributed by atoms with van der Waals surface area (Å²) in [5.74, 6) is 0.541. The quantitative estimate of drug-likeness (QED) is 0.582. The van der Waals surface area contributed by atoms with Crippen LogP contribution in [0.1, 0.15) is 31.4 Å². The Morgan fingerprint density at radius 2 is 2.12 bits per heavy atom. The molecule has 0 fully saturated rings. The lowest BCUT2D eigenvalue weighted by atomic mass is 9.98. The van der Waals surface area contributed by atoms with Gasteiger partial charge in [0, 0.05) is 17.8 Å². The molecule has 0 aliphatic heterocycles. The number of fused-ring (bicyclic) bond motifs is 1. The van der Waals surface area contributed by atoms with Gasteiger partial charge in [-0.3, -0.25) is 8.91 Å². The normalized spacial score (nSPS) is 12.8. The van der Waals surface area contributed by atoms with Gasteiger partial charge in [-0.15, -0.1) is 0 Å². The molecule has 26 heavy (non-hydrogen) atoms. The molecule has 2 N–H and O–H groups in total. The van der Waals surface area contributed by atoms with Crippen LogP contribution in [0.3, 0.4) is 0 Å². The summed E-state index contributed by atoms with van der Waals surface area (Å²) in [6.45, 7) is 3.82. The van der Waals surface area contributed by atoms with Crippen LogP contribution in [0.25, 0.3) is 11.1 Å². The van der Waals surface area contributed by atoms with Gasteiger partial charge in [-0.25, -0.2) is 9.78 Å². The summed E-state index contributed by atoms with van der Waals surface area (Å²) in [5, 5.41) is 3.01. The Bertz CT molecular complexity index is 796. The fraction of sp³-hybridized carbons (Fsp3) is 0.368. The number of ether oxygens (including phenoxy) is 1. The van der Waals surface area contributed by atoms with Crippen LogP contribution in [-0.4, -0.2) is 24.2 Å². The molecule has 1 heterocycles. The Morgan fingerprint density at radius 1 is 1.27 bits per heavy atom. The van der Waals surface area contributed by atoms with Gasteiger partial charge in [-0.2, -0.15) is 0 Å². The smallest absolute Gasteiger partial charge is 0.330 e. The maximum Gasteiger partial charge on any atom is 0.330 e. The number of pyridine rings is 1. The van der Waals surface area contributed by atoms with Crippen LogP contribution >= 0.6 is 12.2 Å². The van der Waals surface area contributed by atoms with Crippen molar-refractivity contribution in [2.45, 2.75) is 39.2 Å². The molecule has 7 heteroatoms.